The van der Waals surface area contributed by atoms with Gasteiger partial charge < -0.3 is 20.1 Å². The molecule has 2 amide bonds. The third kappa shape index (κ3) is 6.48. The number of piperidine rings is 1. The molecule has 2 fully saturated rings. The quantitative estimate of drug-likeness (QED) is 0.762. The second-order valence-electron chi connectivity index (χ2n) is 7.60. The van der Waals surface area contributed by atoms with Gasteiger partial charge in [0.05, 0.1) is 19.3 Å². The number of morpholine rings is 1. The summed E-state index contributed by atoms with van der Waals surface area (Å²) in [7, 11) is 0. The second kappa shape index (κ2) is 10.6. The Morgan fingerprint density at radius 1 is 1.15 bits per heavy atom. The van der Waals surface area contributed by atoms with Crippen LogP contribution >= 0.6 is 0 Å². The van der Waals surface area contributed by atoms with Gasteiger partial charge in [0.25, 0.3) is 0 Å². The lowest BCUT2D eigenvalue weighted by Crippen LogP contribution is -2.48. The van der Waals surface area contributed by atoms with Gasteiger partial charge in [-0.25, -0.2) is 4.79 Å². The summed E-state index contributed by atoms with van der Waals surface area (Å²) in [5, 5.41) is 13.5. The highest BCUT2D eigenvalue weighted by Gasteiger charge is 2.27. The number of carbonyl (C=O) groups excluding carboxylic acids is 1. The minimum Gasteiger partial charge on any atom is -0.393 e. The van der Waals surface area contributed by atoms with E-state index in [9.17, 15) is 9.90 Å². The van der Waals surface area contributed by atoms with Crippen molar-refractivity contribution in [3.8, 4) is 0 Å². The number of amides is 2. The van der Waals surface area contributed by atoms with Crippen molar-refractivity contribution in [2.75, 3.05) is 52.5 Å². The van der Waals surface area contributed by atoms with E-state index in [1.807, 2.05) is 23.1 Å². The predicted molar refractivity (Wildman–Crippen MR) is 106 cm³/mol. The molecule has 2 saturated heterocycles. The van der Waals surface area contributed by atoms with E-state index in [-0.39, 0.29) is 12.1 Å². The first-order valence-electron chi connectivity index (χ1n) is 10.3. The summed E-state index contributed by atoms with van der Waals surface area (Å²) in [4.78, 5) is 16.5. The van der Waals surface area contributed by atoms with Gasteiger partial charge in [0.15, 0.2) is 0 Å². The van der Waals surface area contributed by atoms with Crippen molar-refractivity contribution in [2.24, 2.45) is 5.92 Å². The van der Waals surface area contributed by atoms with E-state index < -0.39 is 0 Å². The third-order valence-corrected chi connectivity index (χ3v) is 5.75. The zero-order valence-corrected chi connectivity index (χ0v) is 16.2. The van der Waals surface area contributed by atoms with E-state index in [2.05, 4.69) is 22.3 Å². The number of aryl methyl sites for hydroxylation is 1. The number of rotatable bonds is 7. The predicted octanol–water partition coefficient (Wildman–Crippen LogP) is 1.73. The number of urea groups is 1. The second-order valence-corrected chi connectivity index (χ2v) is 7.60. The SMILES string of the molecule is O=C(NCCN1CCOCC1)N1CCC(C(O)CCc2ccccc2)CC1. The molecule has 0 radical (unpaired) electrons. The zero-order chi connectivity index (χ0) is 18.9. The monoisotopic (exact) mass is 375 g/mol. The molecule has 27 heavy (non-hydrogen) atoms. The number of nitrogens with zero attached hydrogens (tertiary/aromatic N) is 2. The van der Waals surface area contributed by atoms with E-state index in [4.69, 9.17) is 4.74 Å². The molecule has 2 aliphatic rings. The van der Waals surface area contributed by atoms with Crippen molar-refractivity contribution < 1.29 is 14.6 Å². The lowest BCUT2D eigenvalue weighted by molar-refractivity contribution is 0.0382. The molecule has 2 N–H and O–H groups in total. The van der Waals surface area contributed by atoms with Crippen molar-refractivity contribution in [2.45, 2.75) is 31.8 Å². The van der Waals surface area contributed by atoms with Crippen LogP contribution in [0.4, 0.5) is 4.79 Å². The molecule has 2 aliphatic heterocycles. The average Bonchev–Trinajstić information content (AvgIpc) is 2.73. The summed E-state index contributed by atoms with van der Waals surface area (Å²) in [6, 6.07) is 10.3. The molecule has 0 aliphatic carbocycles. The highest BCUT2D eigenvalue weighted by Crippen LogP contribution is 2.23. The zero-order valence-electron chi connectivity index (χ0n) is 16.2. The lowest BCUT2D eigenvalue weighted by atomic mass is 9.88. The Morgan fingerprint density at radius 3 is 2.56 bits per heavy atom. The molecule has 1 aromatic carbocycles. The molecule has 0 bridgehead atoms. The lowest BCUT2D eigenvalue weighted by Gasteiger charge is -2.34. The molecule has 0 saturated carbocycles. The van der Waals surface area contributed by atoms with Crippen molar-refractivity contribution in [3.63, 3.8) is 0 Å². The molecule has 3 rings (SSSR count). The summed E-state index contributed by atoms with van der Waals surface area (Å²) in [6.07, 6.45) is 3.18. The minimum absolute atomic E-state index is 0.0282. The van der Waals surface area contributed by atoms with Crippen LogP contribution in [0.2, 0.25) is 0 Å². The van der Waals surface area contributed by atoms with Gasteiger partial charge in [-0.2, -0.15) is 0 Å². The molecule has 6 heteroatoms. The van der Waals surface area contributed by atoms with Gasteiger partial charge in [-0.3, -0.25) is 4.90 Å². The van der Waals surface area contributed by atoms with Crippen LogP contribution in [-0.2, 0) is 11.2 Å². The van der Waals surface area contributed by atoms with Crippen LogP contribution in [0.5, 0.6) is 0 Å². The Bertz CT molecular complexity index is 555. The molecule has 2 heterocycles. The van der Waals surface area contributed by atoms with Crippen LogP contribution in [0.3, 0.4) is 0 Å². The van der Waals surface area contributed by atoms with E-state index in [1.165, 1.54) is 5.56 Å². The highest BCUT2D eigenvalue weighted by atomic mass is 16.5. The molecule has 0 spiro atoms. The Hall–Kier alpha value is -1.63. The summed E-state index contributed by atoms with van der Waals surface area (Å²) >= 11 is 0. The number of aliphatic hydroxyl groups excluding tert-OH is 1. The summed E-state index contributed by atoms with van der Waals surface area (Å²) in [6.45, 7) is 6.49. The van der Waals surface area contributed by atoms with Gasteiger partial charge >= 0.3 is 6.03 Å². The number of likely N-dealkylation sites (tertiary alicyclic amines) is 1. The Labute approximate surface area is 162 Å². The standard InChI is InChI=1S/C21H33N3O3/c25-20(7-6-18-4-2-1-3-5-18)19-8-11-24(12-9-19)21(26)22-10-13-23-14-16-27-17-15-23/h1-5,19-20,25H,6-17H2,(H,22,26). The molecular weight excluding hydrogens is 342 g/mol. The van der Waals surface area contributed by atoms with E-state index in [1.54, 1.807) is 0 Å². The van der Waals surface area contributed by atoms with Crippen molar-refractivity contribution in [3.05, 3.63) is 35.9 Å². The van der Waals surface area contributed by atoms with Crippen molar-refractivity contribution in [1.82, 2.24) is 15.1 Å². The van der Waals surface area contributed by atoms with Gasteiger partial charge in [0, 0.05) is 39.3 Å². The van der Waals surface area contributed by atoms with Crippen molar-refractivity contribution in [1.29, 1.82) is 0 Å². The van der Waals surface area contributed by atoms with E-state index in [0.717, 1.165) is 71.6 Å². The number of nitrogens with one attached hydrogen (secondary N) is 1. The normalized spacial score (nSPS) is 20.4. The van der Waals surface area contributed by atoms with Crippen LogP contribution in [-0.4, -0.2) is 79.5 Å². The van der Waals surface area contributed by atoms with Crippen molar-refractivity contribution >= 4 is 6.03 Å². The number of aliphatic hydroxyl groups is 1. The first-order valence-corrected chi connectivity index (χ1v) is 10.3. The summed E-state index contributed by atoms with van der Waals surface area (Å²) in [5.41, 5.74) is 1.27. The highest BCUT2D eigenvalue weighted by molar-refractivity contribution is 5.74. The number of carbonyl (C=O) groups is 1. The fraction of sp³-hybridized carbons (Fsp3) is 0.667. The fourth-order valence-electron chi connectivity index (χ4n) is 3.94. The number of benzene rings is 1. The summed E-state index contributed by atoms with van der Waals surface area (Å²) < 4.78 is 5.34. The van der Waals surface area contributed by atoms with E-state index in [0.29, 0.717) is 12.5 Å². The fourth-order valence-corrected chi connectivity index (χ4v) is 3.94. The van der Waals surface area contributed by atoms with Gasteiger partial charge in [-0.05, 0) is 37.2 Å². The molecular formula is C21H33N3O3. The van der Waals surface area contributed by atoms with Crippen LogP contribution < -0.4 is 5.32 Å². The van der Waals surface area contributed by atoms with E-state index >= 15 is 0 Å². The average molecular weight is 376 g/mol. The van der Waals surface area contributed by atoms with Gasteiger partial charge in [-0.15, -0.1) is 0 Å². The first kappa shape index (κ1) is 20.1. The summed E-state index contributed by atoms with van der Waals surface area (Å²) in [5.74, 6) is 0.297. The van der Waals surface area contributed by atoms with Crippen LogP contribution in [0.15, 0.2) is 30.3 Å². The minimum atomic E-state index is -0.281. The maximum absolute atomic E-state index is 12.3. The van der Waals surface area contributed by atoms with Crippen LogP contribution in [0.1, 0.15) is 24.8 Å². The maximum atomic E-state index is 12.3. The third-order valence-electron chi connectivity index (χ3n) is 5.75. The largest absolute Gasteiger partial charge is 0.393 e. The van der Waals surface area contributed by atoms with Crippen LogP contribution in [0, 0.1) is 5.92 Å². The number of hydrogen-bond acceptors (Lipinski definition) is 4. The number of hydrogen-bond donors (Lipinski definition) is 2. The molecule has 0 aromatic heterocycles. The van der Waals surface area contributed by atoms with Gasteiger partial charge in [0.1, 0.15) is 0 Å². The molecule has 1 unspecified atom stereocenters. The Morgan fingerprint density at radius 2 is 1.85 bits per heavy atom. The number of ether oxygens (including phenoxy) is 1. The Balaban J connectivity index is 1.31. The topological polar surface area (TPSA) is 65.0 Å². The maximum Gasteiger partial charge on any atom is 0.317 e. The molecule has 1 atom stereocenters. The van der Waals surface area contributed by atoms with Gasteiger partial charge in [0.2, 0.25) is 0 Å². The molecule has 150 valence electrons. The first-order chi connectivity index (χ1) is 13.2. The van der Waals surface area contributed by atoms with Crippen LogP contribution in [0.25, 0.3) is 0 Å². The van der Waals surface area contributed by atoms with Gasteiger partial charge in [-0.1, -0.05) is 30.3 Å². The smallest absolute Gasteiger partial charge is 0.317 e. The molecule has 1 aromatic rings. The molecule has 6 nitrogen and oxygen atoms in total. The Kier molecular flexibility index (Phi) is 7.93.